The number of H-pyrrole nitrogens is 1. The molecule has 0 saturated heterocycles. The van der Waals surface area contributed by atoms with Crippen LogP contribution < -0.4 is 10.6 Å². The Morgan fingerprint density at radius 1 is 0.714 bits per heavy atom. The van der Waals surface area contributed by atoms with Crippen LogP contribution in [0.4, 0.5) is 28.4 Å². The van der Waals surface area contributed by atoms with Crippen LogP contribution >= 0.6 is 0 Å². The lowest BCUT2D eigenvalue weighted by molar-refractivity contribution is 1.32. The van der Waals surface area contributed by atoms with Crippen molar-refractivity contribution in [3.63, 3.8) is 0 Å². The number of rotatable bonds is 5. The molecule has 7 heteroatoms. The van der Waals surface area contributed by atoms with Crippen LogP contribution in [-0.2, 0) is 0 Å². The molecule has 0 unspecified atom stereocenters. The molecule has 3 aromatic heterocycles. The fraction of sp³-hybridized carbons (Fsp3) is 0. The van der Waals surface area contributed by atoms with Gasteiger partial charge in [0.05, 0.1) is 23.1 Å². The van der Waals surface area contributed by atoms with Gasteiger partial charge in [-0.2, -0.15) is 0 Å². The molecule has 6 rings (SSSR count). The second-order valence-electron chi connectivity index (χ2n) is 8.05. The van der Waals surface area contributed by atoms with E-state index in [0.717, 1.165) is 56.1 Å². The van der Waals surface area contributed by atoms with Gasteiger partial charge in [0.25, 0.3) is 0 Å². The molecule has 0 atom stereocenters. The molecule has 3 N–H and O–H groups in total. The highest BCUT2D eigenvalue weighted by atomic mass is 14.9. The lowest BCUT2D eigenvalue weighted by atomic mass is 10.1. The predicted octanol–water partition coefficient (Wildman–Crippen LogP) is 7.21. The van der Waals surface area contributed by atoms with E-state index >= 15 is 0 Å². The first kappa shape index (κ1) is 20.4. The third kappa shape index (κ3) is 4.12. The van der Waals surface area contributed by atoms with Crippen LogP contribution in [0.25, 0.3) is 38.2 Å². The minimum atomic E-state index is 0.591. The Kier molecular flexibility index (Phi) is 5.02. The number of anilines is 4. The number of fused-ring (bicyclic) bond motifs is 2. The Morgan fingerprint density at radius 3 is 2.31 bits per heavy atom. The SMILES string of the molecule is [C-]#[N+]c1ccc2nccc(Nc3ccc(-c4nc5ccc(Nc6ccncc6)cc5[nH]4)cc3)c2c1. The number of benzene rings is 3. The summed E-state index contributed by atoms with van der Waals surface area (Å²) in [6.07, 6.45) is 5.29. The van der Waals surface area contributed by atoms with Crippen LogP contribution in [0, 0.1) is 6.57 Å². The molecule has 35 heavy (non-hydrogen) atoms. The summed E-state index contributed by atoms with van der Waals surface area (Å²) in [6, 6.07) is 25.4. The van der Waals surface area contributed by atoms with Gasteiger partial charge in [0.2, 0.25) is 0 Å². The van der Waals surface area contributed by atoms with Gasteiger partial charge in [-0.1, -0.05) is 6.07 Å². The van der Waals surface area contributed by atoms with Gasteiger partial charge in [0.1, 0.15) is 5.82 Å². The van der Waals surface area contributed by atoms with E-state index in [2.05, 4.69) is 30.4 Å². The summed E-state index contributed by atoms with van der Waals surface area (Å²) in [6.45, 7) is 7.29. The zero-order chi connectivity index (χ0) is 23.6. The number of hydrogen-bond donors (Lipinski definition) is 3. The van der Waals surface area contributed by atoms with Crippen LogP contribution in [0.5, 0.6) is 0 Å². The highest BCUT2D eigenvalue weighted by Crippen LogP contribution is 2.30. The van der Waals surface area contributed by atoms with Gasteiger partial charge in [-0.05, 0) is 72.8 Å². The molecule has 7 nitrogen and oxygen atoms in total. The van der Waals surface area contributed by atoms with Gasteiger partial charge in [0, 0.05) is 52.3 Å². The smallest absolute Gasteiger partial charge is 0.188 e. The predicted molar refractivity (Wildman–Crippen MR) is 140 cm³/mol. The molecular weight excluding hydrogens is 434 g/mol. The third-order valence-corrected chi connectivity index (χ3v) is 5.74. The van der Waals surface area contributed by atoms with Gasteiger partial charge in [-0.3, -0.25) is 9.97 Å². The number of imidazole rings is 1. The van der Waals surface area contributed by atoms with Gasteiger partial charge in [-0.15, -0.1) is 0 Å². The quantitative estimate of drug-likeness (QED) is 0.240. The fourth-order valence-corrected chi connectivity index (χ4v) is 4.01. The van der Waals surface area contributed by atoms with Crippen LogP contribution in [0.15, 0.2) is 97.5 Å². The van der Waals surface area contributed by atoms with Crippen LogP contribution in [0.3, 0.4) is 0 Å². The second-order valence-corrected chi connectivity index (χ2v) is 8.05. The maximum Gasteiger partial charge on any atom is 0.188 e. The minimum Gasteiger partial charge on any atom is -0.355 e. The Morgan fingerprint density at radius 2 is 1.49 bits per heavy atom. The highest BCUT2D eigenvalue weighted by Gasteiger charge is 2.08. The van der Waals surface area contributed by atoms with Crippen LogP contribution in [0.2, 0.25) is 0 Å². The molecule has 0 spiro atoms. The van der Waals surface area contributed by atoms with E-state index in [1.165, 1.54) is 0 Å². The molecule has 0 amide bonds. The first-order valence-electron chi connectivity index (χ1n) is 11.1. The van der Waals surface area contributed by atoms with Gasteiger partial charge in [-0.25, -0.2) is 9.83 Å². The van der Waals surface area contributed by atoms with Gasteiger partial charge in [0.15, 0.2) is 5.69 Å². The van der Waals surface area contributed by atoms with E-state index in [9.17, 15) is 0 Å². The van der Waals surface area contributed by atoms with Crippen molar-refractivity contribution < 1.29 is 0 Å². The van der Waals surface area contributed by atoms with Crippen LogP contribution in [-0.4, -0.2) is 19.9 Å². The van der Waals surface area contributed by atoms with E-state index in [0.29, 0.717) is 5.69 Å². The number of aromatic nitrogens is 4. The molecule has 0 radical (unpaired) electrons. The minimum absolute atomic E-state index is 0.591. The first-order valence-corrected chi connectivity index (χ1v) is 11.1. The molecule has 0 fully saturated rings. The zero-order valence-electron chi connectivity index (χ0n) is 18.5. The fourth-order valence-electron chi connectivity index (χ4n) is 4.01. The van der Waals surface area contributed by atoms with Crippen molar-refractivity contribution in [1.29, 1.82) is 0 Å². The average Bonchev–Trinajstić information content (AvgIpc) is 3.33. The molecular formula is C28H19N7. The number of aromatic amines is 1. The van der Waals surface area contributed by atoms with Crippen molar-refractivity contribution in [2.75, 3.05) is 10.6 Å². The van der Waals surface area contributed by atoms with Crippen molar-refractivity contribution in [3.05, 3.63) is 109 Å². The molecule has 0 bridgehead atoms. The lowest BCUT2D eigenvalue weighted by Gasteiger charge is -2.10. The van der Waals surface area contributed by atoms with E-state index in [-0.39, 0.29) is 0 Å². The zero-order valence-corrected chi connectivity index (χ0v) is 18.5. The summed E-state index contributed by atoms with van der Waals surface area (Å²) < 4.78 is 0. The average molecular weight is 454 g/mol. The number of nitrogens with one attached hydrogen (secondary N) is 3. The Hall–Kier alpha value is -5.22. The standard InChI is InChI=1S/C28H19N7/c1-29-21-6-8-24-23(16-21)25(12-15-31-24)33-19-4-2-18(3-5-19)28-34-26-9-7-22(17-27(26)35-28)32-20-10-13-30-14-11-20/h2-17H,(H,30,32)(H,31,33)(H,34,35). The summed E-state index contributed by atoms with van der Waals surface area (Å²) in [5.74, 6) is 0.809. The normalized spacial score (nSPS) is 10.8. The summed E-state index contributed by atoms with van der Waals surface area (Å²) in [7, 11) is 0. The molecule has 0 saturated carbocycles. The summed E-state index contributed by atoms with van der Waals surface area (Å²) in [4.78, 5) is 20.2. The van der Waals surface area contributed by atoms with E-state index in [4.69, 9.17) is 11.6 Å². The molecule has 0 aliphatic heterocycles. The van der Waals surface area contributed by atoms with Crippen LogP contribution in [0.1, 0.15) is 0 Å². The van der Waals surface area contributed by atoms with Crippen molar-refractivity contribution in [3.8, 4) is 11.4 Å². The largest absolute Gasteiger partial charge is 0.355 e. The van der Waals surface area contributed by atoms with Gasteiger partial charge < -0.3 is 15.6 Å². The molecule has 6 aromatic rings. The Balaban J connectivity index is 1.25. The van der Waals surface area contributed by atoms with E-state index < -0.39 is 0 Å². The summed E-state index contributed by atoms with van der Waals surface area (Å²) in [5.41, 5.74) is 8.10. The van der Waals surface area contributed by atoms with Crippen molar-refractivity contribution in [1.82, 2.24) is 19.9 Å². The molecule has 3 aromatic carbocycles. The number of nitrogens with zero attached hydrogens (tertiary/aromatic N) is 4. The topological polar surface area (TPSA) is 82.9 Å². The highest BCUT2D eigenvalue weighted by molar-refractivity contribution is 5.95. The maximum atomic E-state index is 7.29. The number of hydrogen-bond acceptors (Lipinski definition) is 5. The maximum absolute atomic E-state index is 7.29. The van der Waals surface area contributed by atoms with Crippen molar-refractivity contribution in [2.45, 2.75) is 0 Å². The Bertz CT molecular complexity index is 1700. The molecule has 0 aliphatic carbocycles. The third-order valence-electron chi connectivity index (χ3n) is 5.74. The molecule has 0 aliphatic rings. The monoisotopic (exact) mass is 453 g/mol. The summed E-state index contributed by atoms with van der Waals surface area (Å²) in [5, 5.41) is 7.74. The first-order chi connectivity index (χ1) is 17.2. The second kappa shape index (κ2) is 8.61. The van der Waals surface area contributed by atoms with E-state index in [1.807, 2.05) is 72.8 Å². The molecule has 166 valence electrons. The van der Waals surface area contributed by atoms with Crippen molar-refractivity contribution in [2.24, 2.45) is 0 Å². The van der Waals surface area contributed by atoms with E-state index in [1.54, 1.807) is 24.7 Å². The lowest BCUT2D eigenvalue weighted by Crippen LogP contribution is -1.92. The van der Waals surface area contributed by atoms with Gasteiger partial charge >= 0.3 is 0 Å². The Labute approximate surface area is 201 Å². The van der Waals surface area contributed by atoms with Crippen molar-refractivity contribution >= 4 is 50.4 Å². The number of pyridine rings is 2. The molecule has 3 heterocycles. The summed E-state index contributed by atoms with van der Waals surface area (Å²) >= 11 is 0.